The first-order valence-electron chi connectivity index (χ1n) is 4.72. The first-order chi connectivity index (χ1) is 8.29. The SMILES string of the molecule is C=C(NCS(=O)[O-])Nc1ccc(C(F)(F)F)cc1. The maximum Gasteiger partial charge on any atom is 0.416 e. The summed E-state index contributed by atoms with van der Waals surface area (Å²) in [6.45, 7) is 3.48. The smallest absolute Gasteiger partial charge is 0.416 e. The zero-order valence-corrected chi connectivity index (χ0v) is 9.90. The Balaban J connectivity index is 2.59. The molecule has 0 saturated carbocycles. The van der Waals surface area contributed by atoms with E-state index in [0.717, 1.165) is 12.1 Å². The zero-order valence-electron chi connectivity index (χ0n) is 9.08. The highest BCUT2D eigenvalue weighted by molar-refractivity contribution is 7.79. The Morgan fingerprint density at radius 1 is 1.33 bits per heavy atom. The second kappa shape index (κ2) is 5.87. The summed E-state index contributed by atoms with van der Waals surface area (Å²) in [4.78, 5) is 0. The van der Waals surface area contributed by atoms with Gasteiger partial charge in [-0.3, -0.25) is 4.21 Å². The summed E-state index contributed by atoms with van der Waals surface area (Å²) >= 11 is -2.27. The van der Waals surface area contributed by atoms with Gasteiger partial charge >= 0.3 is 6.18 Å². The molecule has 8 heteroatoms. The first kappa shape index (κ1) is 14.5. The highest BCUT2D eigenvalue weighted by atomic mass is 32.2. The number of halogens is 3. The van der Waals surface area contributed by atoms with Crippen molar-refractivity contribution in [3.8, 4) is 0 Å². The number of hydrogen-bond acceptors (Lipinski definition) is 4. The van der Waals surface area contributed by atoms with Crippen LogP contribution >= 0.6 is 0 Å². The monoisotopic (exact) mass is 279 g/mol. The molecular weight excluding hydrogens is 269 g/mol. The summed E-state index contributed by atoms with van der Waals surface area (Å²) in [6.07, 6.45) is -4.38. The number of nitrogens with one attached hydrogen (secondary N) is 2. The Hall–Kier alpha value is -1.54. The Kier molecular flexibility index (Phi) is 4.74. The fraction of sp³-hybridized carbons (Fsp3) is 0.200. The van der Waals surface area contributed by atoms with E-state index in [2.05, 4.69) is 17.2 Å². The van der Waals surface area contributed by atoms with Gasteiger partial charge in [0.2, 0.25) is 0 Å². The van der Waals surface area contributed by atoms with E-state index in [1.54, 1.807) is 0 Å². The maximum atomic E-state index is 12.3. The Morgan fingerprint density at radius 3 is 2.33 bits per heavy atom. The van der Waals surface area contributed by atoms with E-state index in [0.29, 0.717) is 5.69 Å². The van der Waals surface area contributed by atoms with Crippen LogP contribution in [0.1, 0.15) is 5.56 Å². The van der Waals surface area contributed by atoms with Crippen molar-refractivity contribution < 1.29 is 21.9 Å². The number of benzene rings is 1. The first-order valence-corrected chi connectivity index (χ1v) is 5.96. The molecule has 0 aliphatic rings. The molecule has 0 aromatic heterocycles. The van der Waals surface area contributed by atoms with Crippen LogP contribution in [0.2, 0.25) is 0 Å². The van der Waals surface area contributed by atoms with Crippen molar-refractivity contribution in [2.24, 2.45) is 0 Å². The molecular formula is C10H10F3N2O2S-. The van der Waals surface area contributed by atoms with Crippen LogP contribution in [-0.4, -0.2) is 14.6 Å². The predicted molar refractivity (Wildman–Crippen MR) is 61.1 cm³/mol. The van der Waals surface area contributed by atoms with E-state index in [4.69, 9.17) is 0 Å². The highest BCUT2D eigenvalue weighted by Crippen LogP contribution is 2.29. The highest BCUT2D eigenvalue weighted by Gasteiger charge is 2.29. The van der Waals surface area contributed by atoms with Crippen molar-refractivity contribution in [1.82, 2.24) is 5.32 Å². The lowest BCUT2D eigenvalue weighted by Crippen LogP contribution is -2.22. The van der Waals surface area contributed by atoms with Gasteiger partial charge in [0.05, 0.1) is 17.3 Å². The van der Waals surface area contributed by atoms with Crippen LogP contribution in [0.15, 0.2) is 36.7 Å². The Morgan fingerprint density at radius 2 is 1.89 bits per heavy atom. The molecule has 0 heterocycles. The third-order valence-electron chi connectivity index (χ3n) is 1.91. The molecule has 1 aromatic rings. The molecule has 0 saturated heterocycles. The van der Waals surface area contributed by atoms with Crippen LogP contribution in [0.25, 0.3) is 0 Å². The van der Waals surface area contributed by atoms with Gasteiger partial charge in [0, 0.05) is 5.69 Å². The topological polar surface area (TPSA) is 64.2 Å². The maximum absolute atomic E-state index is 12.3. The van der Waals surface area contributed by atoms with Gasteiger partial charge in [-0.25, -0.2) is 0 Å². The zero-order chi connectivity index (χ0) is 13.8. The molecule has 0 spiro atoms. The number of rotatable bonds is 5. The average molecular weight is 279 g/mol. The fourth-order valence-corrected chi connectivity index (χ4v) is 1.40. The molecule has 1 aromatic carbocycles. The lowest BCUT2D eigenvalue weighted by molar-refractivity contribution is -0.137. The number of hydrogen-bond donors (Lipinski definition) is 2. The van der Waals surface area contributed by atoms with Crippen molar-refractivity contribution in [2.75, 3.05) is 11.2 Å². The van der Waals surface area contributed by atoms with Gasteiger partial charge < -0.3 is 15.2 Å². The van der Waals surface area contributed by atoms with Gasteiger partial charge in [0.15, 0.2) is 0 Å². The molecule has 2 N–H and O–H groups in total. The van der Waals surface area contributed by atoms with Gasteiger partial charge in [-0.05, 0) is 35.3 Å². The van der Waals surface area contributed by atoms with Crippen molar-refractivity contribution in [3.63, 3.8) is 0 Å². The van der Waals surface area contributed by atoms with E-state index in [1.807, 2.05) is 0 Å². The Bertz CT molecular complexity index is 445. The number of anilines is 1. The van der Waals surface area contributed by atoms with Crippen LogP contribution in [0.4, 0.5) is 18.9 Å². The van der Waals surface area contributed by atoms with Gasteiger partial charge in [-0.15, -0.1) is 0 Å². The summed E-state index contributed by atoms with van der Waals surface area (Å²) in [5.74, 6) is -0.147. The molecule has 0 amide bonds. The number of alkyl halides is 3. The fourth-order valence-electron chi connectivity index (χ4n) is 1.11. The van der Waals surface area contributed by atoms with Gasteiger partial charge in [-0.2, -0.15) is 13.2 Å². The normalized spacial score (nSPS) is 12.9. The van der Waals surface area contributed by atoms with E-state index >= 15 is 0 Å². The standard InChI is InChI=1S/C10H11F3N2O2S/c1-7(14-6-18(16)17)15-9-4-2-8(3-5-9)10(11,12)13/h2-5,14-15H,1,6H2,(H,16,17)/p-1. The molecule has 0 radical (unpaired) electrons. The van der Waals surface area contributed by atoms with Gasteiger partial charge in [0.1, 0.15) is 0 Å². The van der Waals surface area contributed by atoms with Crippen molar-refractivity contribution in [3.05, 3.63) is 42.2 Å². The summed E-state index contributed by atoms with van der Waals surface area (Å²) in [7, 11) is 0. The molecule has 100 valence electrons. The molecule has 0 fully saturated rings. The molecule has 4 nitrogen and oxygen atoms in total. The third-order valence-corrected chi connectivity index (χ3v) is 2.29. The lowest BCUT2D eigenvalue weighted by Gasteiger charge is -2.14. The van der Waals surface area contributed by atoms with E-state index < -0.39 is 22.8 Å². The van der Waals surface area contributed by atoms with Crippen LogP contribution in [-0.2, 0) is 17.3 Å². The van der Waals surface area contributed by atoms with Crippen LogP contribution < -0.4 is 10.6 Å². The summed E-state index contributed by atoms with van der Waals surface area (Å²) in [5, 5.41) is 5.06. The average Bonchev–Trinajstić information content (AvgIpc) is 2.26. The molecule has 0 aliphatic carbocycles. The van der Waals surface area contributed by atoms with Crippen LogP contribution in [0, 0.1) is 0 Å². The minimum atomic E-state index is -4.38. The second-order valence-electron chi connectivity index (χ2n) is 3.30. The summed E-state index contributed by atoms with van der Waals surface area (Å²) in [6, 6.07) is 4.29. The molecule has 1 atom stereocenters. The van der Waals surface area contributed by atoms with E-state index in [9.17, 15) is 21.9 Å². The molecule has 0 aliphatic heterocycles. The van der Waals surface area contributed by atoms with Crippen LogP contribution in [0.3, 0.4) is 0 Å². The lowest BCUT2D eigenvalue weighted by atomic mass is 10.2. The minimum absolute atomic E-state index is 0.180. The van der Waals surface area contributed by atoms with Crippen molar-refractivity contribution in [1.29, 1.82) is 0 Å². The summed E-state index contributed by atoms with van der Waals surface area (Å²) in [5.41, 5.74) is -0.385. The van der Waals surface area contributed by atoms with Crippen LogP contribution in [0.5, 0.6) is 0 Å². The predicted octanol–water partition coefficient (Wildman–Crippen LogP) is 2.01. The Labute approximate surface area is 104 Å². The van der Waals surface area contributed by atoms with E-state index in [-0.39, 0.29) is 11.7 Å². The van der Waals surface area contributed by atoms with Crippen molar-refractivity contribution in [2.45, 2.75) is 6.18 Å². The van der Waals surface area contributed by atoms with Gasteiger partial charge in [0.25, 0.3) is 0 Å². The van der Waals surface area contributed by atoms with Gasteiger partial charge in [-0.1, -0.05) is 6.58 Å². The summed E-state index contributed by atoms with van der Waals surface area (Å²) < 4.78 is 57.3. The molecule has 18 heavy (non-hydrogen) atoms. The van der Waals surface area contributed by atoms with Crippen molar-refractivity contribution >= 4 is 16.8 Å². The quantitative estimate of drug-likeness (QED) is 0.809. The largest absolute Gasteiger partial charge is 0.771 e. The molecule has 1 rings (SSSR count). The second-order valence-corrected chi connectivity index (χ2v) is 4.20. The molecule has 0 bridgehead atoms. The molecule has 1 unspecified atom stereocenters. The van der Waals surface area contributed by atoms with E-state index in [1.165, 1.54) is 12.1 Å². The third kappa shape index (κ3) is 4.76. The minimum Gasteiger partial charge on any atom is -0.771 e.